The van der Waals surface area contributed by atoms with Crippen molar-refractivity contribution in [2.45, 2.75) is 0 Å². The quantitative estimate of drug-likeness (QED) is 0.312. The molecule has 4 heavy (non-hydrogen) atoms. The summed E-state index contributed by atoms with van der Waals surface area (Å²) in [5.74, 6) is 0. The molecule has 1 nitrogen and oxygen atoms in total. The van der Waals surface area contributed by atoms with E-state index in [1.807, 2.05) is 0 Å². The monoisotopic (exact) mass is 102 g/mol. The Morgan fingerprint density at radius 2 is 1.50 bits per heavy atom. The summed E-state index contributed by atoms with van der Waals surface area (Å²) < 4.78 is 8.28. The normalized spacial score (nSPS) is 0.750. The van der Waals surface area contributed by atoms with Gasteiger partial charge >= 0.3 is 43.1 Å². The van der Waals surface area contributed by atoms with Crippen molar-refractivity contribution >= 4 is 50.2 Å². The Labute approximate surface area is 56.9 Å². The van der Waals surface area contributed by atoms with Crippen molar-refractivity contribution in [3.05, 3.63) is 0 Å². The molecule has 0 amide bonds. The van der Waals surface area contributed by atoms with Gasteiger partial charge in [0, 0.05) is 0 Å². The zero-order valence-electron chi connectivity index (χ0n) is 3.82. The average Bonchev–Trinajstić information content (AvgIpc) is 1.00. The molecule has 0 atom stereocenters. The minimum atomic E-state index is 0. The Kier molecular flexibility index (Phi) is 127. The van der Waals surface area contributed by atoms with Gasteiger partial charge in [0.1, 0.15) is 0 Å². The Morgan fingerprint density at radius 1 is 1.50 bits per heavy atom. The first-order valence-corrected chi connectivity index (χ1v) is 0.866. The molecule has 0 N–H and O–H groups in total. The smallest absolute Gasteiger partial charge is 0.0149 e. The van der Waals surface area contributed by atoms with E-state index in [1.165, 1.54) is 0 Å². The first kappa shape index (κ1) is 18.5. The topological polar surface area (TPSA) is 17.1 Å². The SMILES string of the molecule is [H-].[H-].[Mg+2].[O]=[AlH].[SiH4]. The molecule has 0 aromatic heterocycles. The van der Waals surface area contributed by atoms with Gasteiger partial charge in [0.2, 0.25) is 0 Å². The van der Waals surface area contributed by atoms with E-state index >= 15 is 0 Å². The fraction of sp³-hybridized carbons (Fsp3) is 0. The van der Waals surface area contributed by atoms with Crippen LogP contribution in [0.15, 0.2) is 0 Å². The van der Waals surface area contributed by atoms with Crippen molar-refractivity contribution in [1.82, 2.24) is 0 Å². The van der Waals surface area contributed by atoms with E-state index in [9.17, 15) is 0 Å². The minimum absolute atomic E-state index is 0. The molecule has 0 unspecified atom stereocenters. The molecule has 0 aromatic rings. The molecule has 0 aliphatic carbocycles. The molecule has 0 rings (SSSR count). The van der Waals surface area contributed by atoms with Crippen molar-refractivity contribution in [3.8, 4) is 0 Å². The van der Waals surface area contributed by atoms with E-state index in [2.05, 4.69) is 0 Å². The van der Waals surface area contributed by atoms with Gasteiger partial charge in [-0.05, 0) is 11.0 Å². The van der Waals surface area contributed by atoms with Gasteiger partial charge in [0.15, 0.2) is 0 Å². The van der Waals surface area contributed by atoms with E-state index in [4.69, 9.17) is 3.80 Å². The Balaban J connectivity index is -0.000000000833. The molecular formula is H7AlMgOSi. The Morgan fingerprint density at radius 3 is 1.50 bits per heavy atom. The maximum absolute atomic E-state index is 8.28. The first-order valence-electron chi connectivity index (χ1n) is 0.289. The zero-order valence-corrected chi connectivity index (χ0v) is 4.65. The van der Waals surface area contributed by atoms with Gasteiger partial charge in [-0.3, -0.25) is 0 Å². The van der Waals surface area contributed by atoms with Crippen LogP contribution in [0, 0.1) is 0 Å². The average molecular weight is 102 g/mol. The summed E-state index contributed by atoms with van der Waals surface area (Å²) in [6, 6.07) is 0. The van der Waals surface area contributed by atoms with Crippen LogP contribution in [0.25, 0.3) is 0 Å². The Hall–Kier alpha value is 1.32. The molecule has 0 saturated carbocycles. The summed E-state index contributed by atoms with van der Waals surface area (Å²) in [5, 5.41) is 0. The fourth-order valence-corrected chi connectivity index (χ4v) is 0. The maximum atomic E-state index is 8.28. The summed E-state index contributed by atoms with van der Waals surface area (Å²) in [7, 11) is 0. The predicted molar refractivity (Wildman–Crippen MR) is 27.1 cm³/mol. The van der Waals surface area contributed by atoms with Crippen LogP contribution in [0.1, 0.15) is 2.85 Å². The van der Waals surface area contributed by atoms with Gasteiger partial charge in [-0.25, -0.2) is 0 Å². The molecule has 0 fully saturated rings. The second kappa shape index (κ2) is 27.4. The van der Waals surface area contributed by atoms with Crippen molar-refractivity contribution in [3.63, 3.8) is 0 Å². The fourth-order valence-electron chi connectivity index (χ4n) is 0. The van der Waals surface area contributed by atoms with E-state index in [1.54, 1.807) is 0 Å². The predicted octanol–water partition coefficient (Wildman–Crippen LogP) is -2.37. The molecule has 0 spiro atoms. The van der Waals surface area contributed by atoms with Gasteiger partial charge < -0.3 is 2.85 Å². The molecular weight excluding hydrogens is 95.4 g/mol. The van der Waals surface area contributed by atoms with E-state index in [-0.39, 0.29) is 36.9 Å². The van der Waals surface area contributed by atoms with Crippen molar-refractivity contribution in [1.29, 1.82) is 0 Å². The van der Waals surface area contributed by atoms with Crippen LogP contribution >= 0.6 is 0 Å². The van der Waals surface area contributed by atoms with Crippen LogP contribution in [0.3, 0.4) is 0 Å². The Bertz CT molecular complexity index is 13.5. The summed E-state index contributed by atoms with van der Waals surface area (Å²) >= 11 is 0.611. The molecule has 0 bridgehead atoms. The second-order valence-corrected chi connectivity index (χ2v) is 0. The third-order valence-electron chi connectivity index (χ3n) is 0. The summed E-state index contributed by atoms with van der Waals surface area (Å²) in [6.07, 6.45) is 0. The van der Waals surface area contributed by atoms with Gasteiger partial charge in [-0.15, -0.1) is 0 Å². The van der Waals surface area contributed by atoms with E-state index < -0.39 is 0 Å². The molecule has 0 aliphatic rings. The molecule has 22 valence electrons. The van der Waals surface area contributed by atoms with Crippen molar-refractivity contribution < 1.29 is 6.66 Å². The minimum Gasteiger partial charge on any atom is -0.0149 e. The number of rotatable bonds is 0. The molecule has 0 saturated heterocycles. The van der Waals surface area contributed by atoms with Crippen LogP contribution in [0.2, 0.25) is 0 Å². The second-order valence-electron chi connectivity index (χ2n) is 0. The van der Waals surface area contributed by atoms with Gasteiger partial charge in [0.05, 0.1) is 0 Å². The van der Waals surface area contributed by atoms with Crippen LogP contribution in [-0.2, 0) is 3.80 Å². The molecule has 0 heterocycles. The van der Waals surface area contributed by atoms with Crippen LogP contribution < -0.4 is 0 Å². The third-order valence-corrected chi connectivity index (χ3v) is 0. The first-order chi connectivity index (χ1) is 1.00. The largest absolute Gasteiger partial charge is 0.0149 e. The van der Waals surface area contributed by atoms with Crippen LogP contribution in [0.4, 0.5) is 0 Å². The van der Waals surface area contributed by atoms with Crippen LogP contribution in [-0.4, -0.2) is 50.2 Å². The van der Waals surface area contributed by atoms with Crippen molar-refractivity contribution in [2.75, 3.05) is 0 Å². The molecule has 4 heteroatoms. The molecule has 0 radical (unpaired) electrons. The number of hydrogen-bond donors (Lipinski definition) is 0. The molecule has 0 aromatic carbocycles. The van der Waals surface area contributed by atoms with E-state index in [0.29, 0.717) is 16.2 Å². The summed E-state index contributed by atoms with van der Waals surface area (Å²) in [4.78, 5) is 0. The van der Waals surface area contributed by atoms with Gasteiger partial charge in [0.25, 0.3) is 0 Å². The number of hydrogen-bond acceptors (Lipinski definition) is 1. The van der Waals surface area contributed by atoms with E-state index in [0.717, 1.165) is 0 Å². The third kappa shape index (κ3) is 10.3. The zero-order chi connectivity index (χ0) is 2.00. The summed E-state index contributed by atoms with van der Waals surface area (Å²) in [5.41, 5.74) is 0. The summed E-state index contributed by atoms with van der Waals surface area (Å²) in [6.45, 7) is 0. The van der Waals surface area contributed by atoms with Gasteiger partial charge in [-0.1, -0.05) is 0 Å². The van der Waals surface area contributed by atoms with Crippen molar-refractivity contribution in [2.24, 2.45) is 0 Å². The molecule has 0 aliphatic heterocycles. The maximum Gasteiger partial charge on any atom is -0.0149 e. The standard InChI is InChI=1S/Al.Mg.O.H4Si.3H/h;;;1H4;;;/q;+2;;;;2*-1. The van der Waals surface area contributed by atoms with Crippen LogP contribution in [0.5, 0.6) is 0 Å². The van der Waals surface area contributed by atoms with Gasteiger partial charge in [-0.2, -0.15) is 0 Å².